The molecule has 0 bridgehead atoms. The van der Waals surface area contributed by atoms with Crippen LogP contribution in [0.5, 0.6) is 5.75 Å². The first kappa shape index (κ1) is 14.9. The van der Waals surface area contributed by atoms with Crippen LogP contribution in [-0.4, -0.2) is 25.0 Å². The van der Waals surface area contributed by atoms with Crippen molar-refractivity contribution in [1.29, 1.82) is 0 Å². The number of amides is 1. The predicted molar refractivity (Wildman–Crippen MR) is 65.0 cm³/mol. The van der Waals surface area contributed by atoms with Gasteiger partial charge in [-0.05, 0) is 12.1 Å². The Hall–Kier alpha value is -1.17. The van der Waals surface area contributed by atoms with Gasteiger partial charge in [0.05, 0.1) is 22.6 Å². The van der Waals surface area contributed by atoms with Crippen molar-refractivity contribution in [3.63, 3.8) is 0 Å². The van der Waals surface area contributed by atoms with Crippen LogP contribution in [0.2, 0.25) is 15.1 Å². The zero-order chi connectivity index (χ0) is 13.7. The monoisotopic (exact) mass is 310 g/mol. The molecule has 1 rings (SSSR count). The fourth-order valence-corrected chi connectivity index (χ4v) is 1.95. The first-order chi connectivity index (χ1) is 8.40. The number of hydrogen-bond donors (Lipinski definition) is 1. The summed E-state index contributed by atoms with van der Waals surface area (Å²) in [5.74, 6) is -1.93. The van der Waals surface area contributed by atoms with Crippen LogP contribution in [0.3, 0.4) is 0 Å². The molecule has 0 heterocycles. The van der Waals surface area contributed by atoms with Gasteiger partial charge < -0.3 is 20.0 Å². The van der Waals surface area contributed by atoms with Crippen molar-refractivity contribution in [2.45, 2.75) is 0 Å². The molecule has 0 saturated carbocycles. The Bertz CT molecular complexity index is 455. The number of rotatable bonds is 5. The van der Waals surface area contributed by atoms with Gasteiger partial charge in [-0.2, -0.15) is 0 Å². The number of nitrogens with one attached hydrogen (secondary N) is 1. The Labute approximate surface area is 118 Å². The molecule has 0 saturated heterocycles. The molecule has 1 aromatic rings. The van der Waals surface area contributed by atoms with Crippen LogP contribution >= 0.6 is 34.8 Å². The van der Waals surface area contributed by atoms with Crippen LogP contribution in [-0.2, 0) is 9.59 Å². The Morgan fingerprint density at radius 1 is 1.22 bits per heavy atom. The lowest BCUT2D eigenvalue weighted by molar-refractivity contribution is -0.304. The van der Waals surface area contributed by atoms with Crippen molar-refractivity contribution in [3.05, 3.63) is 27.2 Å². The lowest BCUT2D eigenvalue weighted by Gasteiger charge is -2.10. The van der Waals surface area contributed by atoms with Crippen molar-refractivity contribution in [2.75, 3.05) is 13.2 Å². The fourth-order valence-electron chi connectivity index (χ4n) is 1.03. The van der Waals surface area contributed by atoms with Gasteiger partial charge in [-0.1, -0.05) is 34.8 Å². The normalized spacial score (nSPS) is 9.94. The average Bonchev–Trinajstić information content (AvgIpc) is 2.24. The van der Waals surface area contributed by atoms with E-state index in [1.165, 1.54) is 12.1 Å². The van der Waals surface area contributed by atoms with Gasteiger partial charge in [0.15, 0.2) is 12.4 Å². The van der Waals surface area contributed by atoms with Gasteiger partial charge in [-0.3, -0.25) is 4.79 Å². The van der Waals surface area contributed by atoms with E-state index in [1.807, 2.05) is 0 Å². The van der Waals surface area contributed by atoms with Crippen LogP contribution in [0.25, 0.3) is 0 Å². The van der Waals surface area contributed by atoms with E-state index >= 15 is 0 Å². The number of aliphatic carboxylic acids is 1. The summed E-state index contributed by atoms with van der Waals surface area (Å²) in [6, 6.07) is 2.81. The van der Waals surface area contributed by atoms with Crippen LogP contribution in [0, 0.1) is 0 Å². The third-order valence-corrected chi connectivity index (χ3v) is 2.52. The van der Waals surface area contributed by atoms with E-state index in [-0.39, 0.29) is 15.8 Å². The number of halogens is 3. The quantitative estimate of drug-likeness (QED) is 0.876. The maximum absolute atomic E-state index is 11.2. The molecule has 0 aromatic heterocycles. The standard InChI is InChI=1S/C10H8Cl3NO4/c11-5-1-6(12)10(7(13)2-5)18-4-8(15)14-3-9(16)17/h1-2H,3-4H2,(H,14,15)(H,16,17)/p-1. The lowest BCUT2D eigenvalue weighted by atomic mass is 10.3. The third-order valence-electron chi connectivity index (χ3n) is 1.74. The molecule has 0 unspecified atom stereocenters. The van der Waals surface area contributed by atoms with E-state index in [4.69, 9.17) is 39.5 Å². The molecule has 0 radical (unpaired) electrons. The number of hydrogen-bond acceptors (Lipinski definition) is 4. The second kappa shape index (κ2) is 6.68. The van der Waals surface area contributed by atoms with E-state index in [0.29, 0.717) is 5.02 Å². The Balaban J connectivity index is 2.58. The summed E-state index contributed by atoms with van der Waals surface area (Å²) in [7, 11) is 0. The minimum atomic E-state index is -1.40. The third kappa shape index (κ3) is 4.60. The second-order valence-electron chi connectivity index (χ2n) is 3.14. The first-order valence-electron chi connectivity index (χ1n) is 4.64. The molecule has 0 fully saturated rings. The van der Waals surface area contributed by atoms with Crippen molar-refractivity contribution >= 4 is 46.7 Å². The molecule has 0 aliphatic carbocycles. The Morgan fingerprint density at radius 3 is 2.28 bits per heavy atom. The fraction of sp³-hybridized carbons (Fsp3) is 0.200. The average molecular weight is 312 g/mol. The number of carbonyl (C=O) groups is 2. The maximum Gasteiger partial charge on any atom is 0.258 e. The molecule has 18 heavy (non-hydrogen) atoms. The first-order valence-corrected chi connectivity index (χ1v) is 5.77. The summed E-state index contributed by atoms with van der Waals surface area (Å²) < 4.78 is 5.07. The van der Waals surface area contributed by atoms with E-state index in [2.05, 4.69) is 5.32 Å². The summed E-state index contributed by atoms with van der Waals surface area (Å²) >= 11 is 17.3. The molecular formula is C10H7Cl3NO4-. The number of ether oxygens (including phenoxy) is 1. The van der Waals surface area contributed by atoms with Crippen molar-refractivity contribution < 1.29 is 19.4 Å². The van der Waals surface area contributed by atoms with Crippen LogP contribution in [0.1, 0.15) is 0 Å². The molecular weight excluding hydrogens is 304 g/mol. The van der Waals surface area contributed by atoms with Crippen molar-refractivity contribution in [1.82, 2.24) is 5.32 Å². The second-order valence-corrected chi connectivity index (χ2v) is 4.39. The summed E-state index contributed by atoms with van der Waals surface area (Å²) in [5.41, 5.74) is 0. The van der Waals surface area contributed by atoms with Crippen molar-refractivity contribution in [3.8, 4) is 5.75 Å². The largest absolute Gasteiger partial charge is 0.548 e. The molecule has 1 N–H and O–H groups in total. The predicted octanol–water partition coefficient (Wildman–Crippen LogP) is 0.892. The highest BCUT2D eigenvalue weighted by molar-refractivity contribution is 6.40. The minimum Gasteiger partial charge on any atom is -0.548 e. The Morgan fingerprint density at radius 2 is 1.78 bits per heavy atom. The number of carboxylic acids is 1. The maximum atomic E-state index is 11.2. The number of benzene rings is 1. The van der Waals surface area contributed by atoms with Gasteiger partial charge in [-0.15, -0.1) is 0 Å². The molecule has 0 spiro atoms. The van der Waals surface area contributed by atoms with Crippen molar-refractivity contribution in [2.24, 2.45) is 0 Å². The number of carboxylic acid groups (broad SMARTS) is 1. The van der Waals surface area contributed by atoms with Crippen LogP contribution in [0.4, 0.5) is 0 Å². The van der Waals surface area contributed by atoms with E-state index in [1.54, 1.807) is 0 Å². The highest BCUT2D eigenvalue weighted by Gasteiger charge is 2.11. The van der Waals surface area contributed by atoms with Crippen LogP contribution < -0.4 is 15.2 Å². The van der Waals surface area contributed by atoms with Crippen LogP contribution in [0.15, 0.2) is 12.1 Å². The summed E-state index contributed by atoms with van der Waals surface area (Å²) in [6.07, 6.45) is 0. The van der Waals surface area contributed by atoms with Gasteiger partial charge >= 0.3 is 0 Å². The highest BCUT2D eigenvalue weighted by Crippen LogP contribution is 2.35. The SMILES string of the molecule is O=C([O-])CNC(=O)COc1c(Cl)cc(Cl)cc1Cl. The molecule has 0 aliphatic rings. The zero-order valence-corrected chi connectivity index (χ0v) is 11.1. The van der Waals surface area contributed by atoms with E-state index in [0.717, 1.165) is 0 Å². The topological polar surface area (TPSA) is 78.5 Å². The van der Waals surface area contributed by atoms with E-state index in [9.17, 15) is 14.7 Å². The lowest BCUT2D eigenvalue weighted by Crippen LogP contribution is -2.39. The van der Waals surface area contributed by atoms with Gasteiger partial charge in [-0.25, -0.2) is 0 Å². The van der Waals surface area contributed by atoms with Gasteiger partial charge in [0.25, 0.3) is 5.91 Å². The smallest absolute Gasteiger partial charge is 0.258 e. The summed E-state index contributed by atoms with van der Waals surface area (Å²) in [4.78, 5) is 21.3. The zero-order valence-electron chi connectivity index (χ0n) is 8.84. The molecule has 1 amide bonds. The number of carbonyl (C=O) groups excluding carboxylic acids is 2. The molecule has 98 valence electrons. The molecule has 0 aliphatic heterocycles. The summed E-state index contributed by atoms with van der Waals surface area (Å²) in [5, 5.41) is 12.8. The molecule has 1 aromatic carbocycles. The van der Waals surface area contributed by atoms with Gasteiger partial charge in [0.2, 0.25) is 0 Å². The molecule has 8 heteroatoms. The van der Waals surface area contributed by atoms with Gasteiger partial charge in [0, 0.05) is 5.02 Å². The van der Waals surface area contributed by atoms with E-state index < -0.39 is 25.0 Å². The molecule has 5 nitrogen and oxygen atoms in total. The minimum absolute atomic E-state index is 0.103. The highest BCUT2D eigenvalue weighted by atomic mass is 35.5. The summed E-state index contributed by atoms with van der Waals surface area (Å²) in [6.45, 7) is -1.02. The Kier molecular flexibility index (Phi) is 5.53. The molecule has 0 atom stereocenters. The van der Waals surface area contributed by atoms with Gasteiger partial charge in [0.1, 0.15) is 0 Å².